The highest BCUT2D eigenvalue weighted by Crippen LogP contribution is 2.42. The molecule has 0 aromatic heterocycles. The second kappa shape index (κ2) is 4.75. The minimum atomic E-state index is -0.622. The van der Waals surface area contributed by atoms with Crippen LogP contribution in [0.4, 0.5) is 0 Å². The zero-order valence-electron chi connectivity index (χ0n) is 11.4. The lowest BCUT2D eigenvalue weighted by atomic mass is 9.86. The summed E-state index contributed by atoms with van der Waals surface area (Å²) in [6.45, 7) is 6.64. The molecule has 1 aromatic carbocycles. The molecule has 0 radical (unpaired) electrons. The minimum absolute atomic E-state index is 0.0705. The predicted molar refractivity (Wildman–Crippen MR) is 72.7 cm³/mol. The van der Waals surface area contributed by atoms with E-state index in [1.54, 1.807) is 0 Å². The van der Waals surface area contributed by atoms with Crippen LogP contribution >= 0.6 is 0 Å². The number of carbonyl (C=O) groups is 1. The van der Waals surface area contributed by atoms with Crippen LogP contribution in [0.1, 0.15) is 44.7 Å². The summed E-state index contributed by atoms with van der Waals surface area (Å²) < 4.78 is 0. The molecule has 0 amide bonds. The molecule has 0 saturated heterocycles. The Morgan fingerprint density at radius 3 is 2.33 bits per heavy atom. The van der Waals surface area contributed by atoms with Crippen molar-refractivity contribution in [3.8, 4) is 0 Å². The van der Waals surface area contributed by atoms with Crippen molar-refractivity contribution in [2.24, 2.45) is 11.8 Å². The van der Waals surface area contributed by atoms with Crippen LogP contribution < -0.4 is 0 Å². The molecule has 1 saturated carbocycles. The fraction of sp³-hybridized carbons (Fsp3) is 0.562. The van der Waals surface area contributed by atoms with Crippen molar-refractivity contribution in [1.82, 2.24) is 0 Å². The Labute approximate surface area is 109 Å². The number of rotatable bonds is 4. The van der Waals surface area contributed by atoms with Crippen LogP contribution in [0.25, 0.3) is 0 Å². The fourth-order valence-corrected chi connectivity index (χ4v) is 2.39. The summed E-state index contributed by atoms with van der Waals surface area (Å²) in [6, 6.07) is 8.74. The summed E-state index contributed by atoms with van der Waals surface area (Å²) in [5.74, 6) is -0.285. The molecule has 98 valence electrons. The molecular formula is C16H22O2. The average Bonchev–Trinajstić information content (AvgIpc) is 3.05. The van der Waals surface area contributed by atoms with Crippen LogP contribution in [0.5, 0.6) is 0 Å². The smallest absolute Gasteiger partial charge is 0.306 e. The van der Waals surface area contributed by atoms with Crippen molar-refractivity contribution >= 4 is 5.97 Å². The third kappa shape index (κ3) is 3.12. The van der Waals surface area contributed by atoms with E-state index in [1.807, 2.05) is 0 Å². The maximum Gasteiger partial charge on any atom is 0.306 e. The quantitative estimate of drug-likeness (QED) is 0.880. The summed E-state index contributed by atoms with van der Waals surface area (Å²) in [7, 11) is 0. The fourth-order valence-electron chi connectivity index (χ4n) is 2.39. The summed E-state index contributed by atoms with van der Waals surface area (Å²) in [5, 5.41) is 8.85. The van der Waals surface area contributed by atoms with Crippen molar-refractivity contribution in [3.63, 3.8) is 0 Å². The minimum Gasteiger partial charge on any atom is -0.481 e. The lowest BCUT2D eigenvalue weighted by molar-refractivity contribution is -0.138. The van der Waals surface area contributed by atoms with E-state index >= 15 is 0 Å². The molecule has 0 bridgehead atoms. The van der Waals surface area contributed by atoms with Gasteiger partial charge in [-0.3, -0.25) is 4.79 Å². The van der Waals surface area contributed by atoms with Gasteiger partial charge in [0, 0.05) is 0 Å². The normalized spacial score (nSPS) is 22.8. The summed E-state index contributed by atoms with van der Waals surface area (Å²) in [6.07, 6.45) is 2.88. The Kier molecular flexibility index (Phi) is 3.47. The van der Waals surface area contributed by atoms with Gasteiger partial charge < -0.3 is 5.11 Å². The van der Waals surface area contributed by atoms with Gasteiger partial charge in [-0.2, -0.15) is 0 Å². The van der Waals surface area contributed by atoms with Crippen molar-refractivity contribution in [2.45, 2.75) is 45.4 Å². The standard InChI is InChI=1S/C16H22O2/c1-16(2,3)13-8-5-11(6-9-13)4-7-12-10-14(12)15(17)18/h5-6,8-9,12,14H,4,7,10H2,1-3H3,(H,17,18). The molecule has 18 heavy (non-hydrogen) atoms. The van der Waals surface area contributed by atoms with Crippen molar-refractivity contribution < 1.29 is 9.90 Å². The highest BCUT2D eigenvalue weighted by atomic mass is 16.4. The molecule has 1 N–H and O–H groups in total. The van der Waals surface area contributed by atoms with Crippen molar-refractivity contribution in [2.75, 3.05) is 0 Å². The molecule has 2 nitrogen and oxygen atoms in total. The lowest BCUT2D eigenvalue weighted by Gasteiger charge is -2.19. The van der Waals surface area contributed by atoms with Crippen LogP contribution in [0.3, 0.4) is 0 Å². The van der Waals surface area contributed by atoms with E-state index in [-0.39, 0.29) is 11.3 Å². The predicted octanol–water partition coefficient (Wildman–Crippen LogP) is 3.64. The number of carboxylic acids is 1. The lowest BCUT2D eigenvalue weighted by Crippen LogP contribution is -2.10. The molecule has 1 fully saturated rings. The number of hydrogen-bond donors (Lipinski definition) is 1. The third-order valence-corrected chi connectivity index (χ3v) is 3.86. The van der Waals surface area contributed by atoms with Crippen molar-refractivity contribution in [1.29, 1.82) is 0 Å². The molecule has 2 rings (SSSR count). The molecular weight excluding hydrogens is 224 g/mol. The van der Waals surface area contributed by atoms with Crippen molar-refractivity contribution in [3.05, 3.63) is 35.4 Å². The molecule has 0 aliphatic heterocycles. The molecule has 2 heteroatoms. The highest BCUT2D eigenvalue weighted by molar-refractivity contribution is 5.73. The highest BCUT2D eigenvalue weighted by Gasteiger charge is 2.42. The maximum absolute atomic E-state index is 10.7. The van der Waals surface area contributed by atoms with E-state index < -0.39 is 5.97 Å². The van der Waals surface area contributed by atoms with Crippen LogP contribution in [-0.4, -0.2) is 11.1 Å². The largest absolute Gasteiger partial charge is 0.481 e. The Balaban J connectivity index is 1.86. The average molecular weight is 246 g/mol. The Bertz CT molecular complexity index is 425. The number of carboxylic acid groups (broad SMARTS) is 1. The number of aryl methyl sites for hydroxylation is 1. The van der Waals surface area contributed by atoms with Gasteiger partial charge >= 0.3 is 5.97 Å². The van der Waals surface area contributed by atoms with Gasteiger partial charge in [0.05, 0.1) is 5.92 Å². The van der Waals surface area contributed by atoms with Crippen LogP contribution in [0, 0.1) is 11.8 Å². The zero-order chi connectivity index (χ0) is 13.3. The summed E-state index contributed by atoms with van der Waals surface area (Å²) in [4.78, 5) is 10.7. The molecule has 0 heterocycles. The number of aliphatic carboxylic acids is 1. The van der Waals surface area contributed by atoms with Crippen LogP contribution in [0.15, 0.2) is 24.3 Å². The van der Waals surface area contributed by atoms with E-state index in [9.17, 15) is 4.79 Å². The van der Waals surface area contributed by atoms with Gasteiger partial charge in [0.1, 0.15) is 0 Å². The van der Waals surface area contributed by atoms with Gasteiger partial charge in [-0.1, -0.05) is 45.0 Å². The Morgan fingerprint density at radius 2 is 1.89 bits per heavy atom. The Hall–Kier alpha value is -1.31. The van der Waals surface area contributed by atoms with E-state index in [0.29, 0.717) is 5.92 Å². The van der Waals surface area contributed by atoms with Gasteiger partial charge in [0.2, 0.25) is 0 Å². The van der Waals surface area contributed by atoms with E-state index in [1.165, 1.54) is 11.1 Å². The molecule has 1 aliphatic carbocycles. The second-order valence-electron chi connectivity index (χ2n) is 6.43. The summed E-state index contributed by atoms with van der Waals surface area (Å²) in [5.41, 5.74) is 2.86. The topological polar surface area (TPSA) is 37.3 Å². The van der Waals surface area contributed by atoms with Gasteiger partial charge in [0.15, 0.2) is 0 Å². The first kappa shape index (κ1) is 13.1. The van der Waals surface area contributed by atoms with E-state index in [0.717, 1.165) is 19.3 Å². The van der Waals surface area contributed by atoms with E-state index in [2.05, 4.69) is 45.0 Å². The molecule has 1 aromatic rings. The van der Waals surface area contributed by atoms with Gasteiger partial charge in [0.25, 0.3) is 0 Å². The first-order valence-electron chi connectivity index (χ1n) is 6.70. The van der Waals surface area contributed by atoms with Crippen LogP contribution in [0.2, 0.25) is 0 Å². The summed E-state index contributed by atoms with van der Waals surface area (Å²) >= 11 is 0. The first-order valence-corrected chi connectivity index (χ1v) is 6.70. The zero-order valence-corrected chi connectivity index (χ0v) is 11.4. The van der Waals surface area contributed by atoms with Gasteiger partial charge in [-0.15, -0.1) is 0 Å². The monoisotopic (exact) mass is 246 g/mol. The van der Waals surface area contributed by atoms with Gasteiger partial charge in [-0.05, 0) is 41.7 Å². The Morgan fingerprint density at radius 1 is 1.28 bits per heavy atom. The second-order valence-corrected chi connectivity index (χ2v) is 6.43. The molecule has 2 atom stereocenters. The third-order valence-electron chi connectivity index (χ3n) is 3.86. The number of benzene rings is 1. The molecule has 1 aliphatic rings. The van der Waals surface area contributed by atoms with Crippen LogP contribution in [-0.2, 0) is 16.6 Å². The first-order chi connectivity index (χ1) is 8.38. The molecule has 2 unspecified atom stereocenters. The molecule has 0 spiro atoms. The SMILES string of the molecule is CC(C)(C)c1ccc(CCC2CC2C(=O)O)cc1. The maximum atomic E-state index is 10.7. The number of hydrogen-bond acceptors (Lipinski definition) is 1. The van der Waals surface area contributed by atoms with Gasteiger partial charge in [-0.25, -0.2) is 0 Å². The van der Waals surface area contributed by atoms with E-state index in [4.69, 9.17) is 5.11 Å².